The summed E-state index contributed by atoms with van der Waals surface area (Å²) in [5.41, 5.74) is 1.29. The molecule has 1 rings (SSSR count). The van der Waals surface area contributed by atoms with Crippen molar-refractivity contribution in [3.8, 4) is 0 Å². The standard InChI is InChI=1S/C12H18O/c1-9-5-4-6-10(2)12(9)8-7-11(3)13/h7-8,10,12H,1,4-6H2,2-3H3/b8-7+. The van der Waals surface area contributed by atoms with Gasteiger partial charge >= 0.3 is 0 Å². The van der Waals surface area contributed by atoms with Crippen LogP contribution in [-0.4, -0.2) is 5.78 Å². The van der Waals surface area contributed by atoms with Gasteiger partial charge in [0.05, 0.1) is 0 Å². The van der Waals surface area contributed by atoms with Crippen LogP contribution in [0.2, 0.25) is 0 Å². The lowest BCUT2D eigenvalue weighted by Gasteiger charge is -2.28. The topological polar surface area (TPSA) is 17.1 Å². The van der Waals surface area contributed by atoms with Crippen molar-refractivity contribution in [3.63, 3.8) is 0 Å². The Hall–Kier alpha value is -0.850. The summed E-state index contributed by atoms with van der Waals surface area (Å²) in [7, 11) is 0. The van der Waals surface area contributed by atoms with E-state index in [2.05, 4.69) is 13.5 Å². The number of carbonyl (C=O) groups excluding carboxylic acids is 1. The molecule has 1 aliphatic rings. The third kappa shape index (κ3) is 2.83. The number of allylic oxidation sites excluding steroid dienone is 3. The number of hydrogen-bond acceptors (Lipinski definition) is 1. The average Bonchev–Trinajstić information content (AvgIpc) is 2.03. The van der Waals surface area contributed by atoms with Crippen molar-refractivity contribution >= 4 is 5.78 Å². The van der Waals surface area contributed by atoms with E-state index < -0.39 is 0 Å². The van der Waals surface area contributed by atoms with E-state index in [0.29, 0.717) is 11.8 Å². The molecular weight excluding hydrogens is 160 g/mol. The molecule has 0 aromatic heterocycles. The summed E-state index contributed by atoms with van der Waals surface area (Å²) in [6.07, 6.45) is 7.33. The van der Waals surface area contributed by atoms with Crippen LogP contribution in [0.4, 0.5) is 0 Å². The lowest BCUT2D eigenvalue weighted by atomic mass is 9.77. The Morgan fingerprint density at radius 3 is 2.85 bits per heavy atom. The third-order valence-corrected chi connectivity index (χ3v) is 2.78. The highest BCUT2D eigenvalue weighted by atomic mass is 16.1. The summed E-state index contributed by atoms with van der Waals surface area (Å²) in [5, 5.41) is 0. The molecular formula is C12H18O. The van der Waals surface area contributed by atoms with Crippen LogP contribution in [0.1, 0.15) is 33.1 Å². The highest BCUT2D eigenvalue weighted by molar-refractivity contribution is 5.87. The number of ketones is 1. The first-order valence-corrected chi connectivity index (χ1v) is 4.97. The van der Waals surface area contributed by atoms with Gasteiger partial charge in [-0.05, 0) is 38.2 Å². The van der Waals surface area contributed by atoms with Crippen molar-refractivity contribution in [1.82, 2.24) is 0 Å². The minimum atomic E-state index is 0.130. The fourth-order valence-electron chi connectivity index (χ4n) is 1.96. The van der Waals surface area contributed by atoms with Gasteiger partial charge in [0, 0.05) is 5.92 Å². The van der Waals surface area contributed by atoms with E-state index in [0.717, 1.165) is 6.42 Å². The van der Waals surface area contributed by atoms with Gasteiger partial charge in [-0.3, -0.25) is 4.79 Å². The summed E-state index contributed by atoms with van der Waals surface area (Å²) in [4.78, 5) is 10.8. The molecule has 0 radical (unpaired) electrons. The van der Waals surface area contributed by atoms with E-state index in [9.17, 15) is 4.79 Å². The minimum absolute atomic E-state index is 0.130. The van der Waals surface area contributed by atoms with Gasteiger partial charge in [-0.2, -0.15) is 0 Å². The van der Waals surface area contributed by atoms with Crippen molar-refractivity contribution < 1.29 is 4.79 Å². The van der Waals surface area contributed by atoms with E-state index in [1.807, 2.05) is 6.08 Å². The van der Waals surface area contributed by atoms with Gasteiger partial charge in [0.1, 0.15) is 0 Å². The molecule has 0 N–H and O–H groups in total. The van der Waals surface area contributed by atoms with Gasteiger partial charge < -0.3 is 0 Å². The Morgan fingerprint density at radius 1 is 1.62 bits per heavy atom. The maximum atomic E-state index is 10.8. The first kappa shape index (κ1) is 10.2. The van der Waals surface area contributed by atoms with E-state index in [1.165, 1.54) is 18.4 Å². The van der Waals surface area contributed by atoms with Gasteiger partial charge in [0.2, 0.25) is 0 Å². The molecule has 13 heavy (non-hydrogen) atoms. The number of carbonyl (C=O) groups is 1. The molecule has 0 spiro atoms. The second-order valence-corrected chi connectivity index (χ2v) is 4.02. The average molecular weight is 178 g/mol. The minimum Gasteiger partial charge on any atom is -0.295 e. The Bertz CT molecular complexity index is 238. The van der Waals surface area contributed by atoms with Crippen LogP contribution in [-0.2, 0) is 4.79 Å². The molecule has 72 valence electrons. The monoisotopic (exact) mass is 178 g/mol. The molecule has 0 aromatic rings. The van der Waals surface area contributed by atoms with Crippen LogP contribution in [0.25, 0.3) is 0 Å². The van der Waals surface area contributed by atoms with Crippen LogP contribution in [0.3, 0.4) is 0 Å². The van der Waals surface area contributed by atoms with Crippen LogP contribution in [0.5, 0.6) is 0 Å². The Kier molecular flexibility index (Phi) is 3.47. The third-order valence-electron chi connectivity index (χ3n) is 2.78. The van der Waals surface area contributed by atoms with E-state index in [-0.39, 0.29) is 5.78 Å². The zero-order valence-electron chi connectivity index (χ0n) is 8.55. The van der Waals surface area contributed by atoms with Crippen molar-refractivity contribution in [1.29, 1.82) is 0 Å². The zero-order chi connectivity index (χ0) is 9.84. The molecule has 0 saturated heterocycles. The fraction of sp³-hybridized carbons (Fsp3) is 0.583. The molecule has 1 fully saturated rings. The SMILES string of the molecule is C=C1CCCC(C)C1/C=C/C(C)=O. The largest absolute Gasteiger partial charge is 0.295 e. The molecule has 0 bridgehead atoms. The molecule has 0 aliphatic heterocycles. The van der Waals surface area contributed by atoms with Crippen molar-refractivity contribution in [2.24, 2.45) is 11.8 Å². The van der Waals surface area contributed by atoms with E-state index in [1.54, 1.807) is 13.0 Å². The van der Waals surface area contributed by atoms with Gasteiger partial charge in [-0.15, -0.1) is 0 Å². The van der Waals surface area contributed by atoms with E-state index in [4.69, 9.17) is 0 Å². The maximum absolute atomic E-state index is 10.8. The molecule has 0 heterocycles. The highest BCUT2D eigenvalue weighted by Gasteiger charge is 2.21. The summed E-state index contributed by atoms with van der Waals surface area (Å²) < 4.78 is 0. The molecule has 0 amide bonds. The van der Waals surface area contributed by atoms with Gasteiger partial charge in [-0.25, -0.2) is 0 Å². The second kappa shape index (κ2) is 4.40. The molecule has 1 aliphatic carbocycles. The smallest absolute Gasteiger partial charge is 0.152 e. The van der Waals surface area contributed by atoms with Crippen LogP contribution in [0.15, 0.2) is 24.3 Å². The van der Waals surface area contributed by atoms with Crippen molar-refractivity contribution in [2.75, 3.05) is 0 Å². The lowest BCUT2D eigenvalue weighted by molar-refractivity contribution is -0.112. The van der Waals surface area contributed by atoms with Crippen LogP contribution < -0.4 is 0 Å². The molecule has 1 nitrogen and oxygen atoms in total. The van der Waals surface area contributed by atoms with Crippen molar-refractivity contribution in [2.45, 2.75) is 33.1 Å². The molecule has 1 heteroatoms. The quantitative estimate of drug-likeness (QED) is 0.469. The predicted octanol–water partition coefficient (Wildman–Crippen LogP) is 3.12. The Morgan fingerprint density at radius 2 is 2.31 bits per heavy atom. The zero-order valence-corrected chi connectivity index (χ0v) is 8.55. The lowest BCUT2D eigenvalue weighted by Crippen LogP contribution is -2.16. The maximum Gasteiger partial charge on any atom is 0.152 e. The highest BCUT2D eigenvalue weighted by Crippen LogP contribution is 2.33. The first-order valence-electron chi connectivity index (χ1n) is 4.97. The number of hydrogen-bond donors (Lipinski definition) is 0. The normalized spacial score (nSPS) is 29.5. The summed E-state index contributed by atoms with van der Waals surface area (Å²) in [5.74, 6) is 1.21. The first-order chi connectivity index (χ1) is 6.11. The van der Waals surface area contributed by atoms with E-state index >= 15 is 0 Å². The molecule has 1 saturated carbocycles. The van der Waals surface area contributed by atoms with Gasteiger partial charge in [-0.1, -0.05) is 25.2 Å². The molecule has 2 atom stereocenters. The Labute approximate surface area is 80.5 Å². The fourth-order valence-corrected chi connectivity index (χ4v) is 1.96. The van der Waals surface area contributed by atoms with Crippen LogP contribution in [0, 0.1) is 11.8 Å². The van der Waals surface area contributed by atoms with Crippen LogP contribution >= 0.6 is 0 Å². The summed E-state index contributed by atoms with van der Waals surface area (Å²) in [6.45, 7) is 7.89. The van der Waals surface area contributed by atoms with Gasteiger partial charge in [0.25, 0.3) is 0 Å². The summed E-state index contributed by atoms with van der Waals surface area (Å²) >= 11 is 0. The second-order valence-electron chi connectivity index (χ2n) is 4.02. The number of rotatable bonds is 2. The van der Waals surface area contributed by atoms with Gasteiger partial charge in [0.15, 0.2) is 5.78 Å². The molecule has 2 unspecified atom stereocenters. The summed E-state index contributed by atoms with van der Waals surface area (Å²) in [6, 6.07) is 0. The van der Waals surface area contributed by atoms with Crippen molar-refractivity contribution in [3.05, 3.63) is 24.3 Å². The molecule has 0 aromatic carbocycles. The predicted molar refractivity (Wildman–Crippen MR) is 55.5 cm³/mol. The Balaban J connectivity index is 2.64.